The van der Waals surface area contributed by atoms with Gasteiger partial charge in [-0.1, -0.05) is 36.4 Å². The van der Waals surface area contributed by atoms with E-state index in [0.29, 0.717) is 16.8 Å². The zero-order valence-electron chi connectivity index (χ0n) is 16.1. The Balaban J connectivity index is 1.86. The molecule has 0 aliphatic carbocycles. The lowest BCUT2D eigenvalue weighted by atomic mass is 9.99. The molecule has 0 atom stereocenters. The van der Waals surface area contributed by atoms with Gasteiger partial charge in [-0.2, -0.15) is 0 Å². The van der Waals surface area contributed by atoms with Crippen LogP contribution in [0, 0.1) is 25.5 Å². The first-order chi connectivity index (χ1) is 13.9. The standard InChI is InChI=1S/C22H21F2N3O2/c1-13-6-3-4-8-16(13)21-18(23)10-15(11-19(21)24)29-12-17-14(2)7-5-9-20(17)26-22(28)27-25/h3-11H,12,25H2,1-2H3,(H2,26,27,28). The summed E-state index contributed by atoms with van der Waals surface area (Å²) in [6.07, 6.45) is 0. The van der Waals surface area contributed by atoms with Crippen molar-refractivity contribution in [3.8, 4) is 16.9 Å². The van der Waals surface area contributed by atoms with E-state index in [-0.39, 0.29) is 17.9 Å². The number of rotatable bonds is 5. The molecule has 0 unspecified atom stereocenters. The number of hydrazine groups is 1. The Labute approximate surface area is 167 Å². The minimum Gasteiger partial charge on any atom is -0.489 e. The van der Waals surface area contributed by atoms with E-state index in [1.165, 1.54) is 0 Å². The van der Waals surface area contributed by atoms with Gasteiger partial charge >= 0.3 is 6.03 Å². The molecule has 0 bridgehead atoms. The van der Waals surface area contributed by atoms with E-state index in [1.54, 1.807) is 37.3 Å². The van der Waals surface area contributed by atoms with Gasteiger partial charge in [-0.3, -0.25) is 5.43 Å². The number of benzene rings is 3. The van der Waals surface area contributed by atoms with Gasteiger partial charge in [-0.25, -0.2) is 19.4 Å². The third-order valence-electron chi connectivity index (χ3n) is 4.60. The maximum absolute atomic E-state index is 14.7. The number of hydrogen-bond donors (Lipinski definition) is 3. The van der Waals surface area contributed by atoms with Crippen LogP contribution in [0.5, 0.6) is 5.75 Å². The molecule has 2 amide bonds. The summed E-state index contributed by atoms with van der Waals surface area (Å²) in [5.74, 6) is 3.74. The summed E-state index contributed by atoms with van der Waals surface area (Å²) in [7, 11) is 0. The number of carbonyl (C=O) groups is 1. The van der Waals surface area contributed by atoms with Crippen LogP contribution in [0.1, 0.15) is 16.7 Å². The number of hydrogen-bond acceptors (Lipinski definition) is 3. The number of halogens is 2. The fourth-order valence-electron chi connectivity index (χ4n) is 3.07. The average Bonchev–Trinajstić information content (AvgIpc) is 2.68. The summed E-state index contributed by atoms with van der Waals surface area (Å²) in [5, 5.41) is 2.59. The van der Waals surface area contributed by atoms with E-state index >= 15 is 0 Å². The van der Waals surface area contributed by atoms with Gasteiger partial charge in [-0.15, -0.1) is 0 Å². The van der Waals surface area contributed by atoms with Crippen molar-refractivity contribution in [3.05, 3.63) is 82.9 Å². The zero-order chi connectivity index (χ0) is 21.0. The monoisotopic (exact) mass is 397 g/mol. The fraction of sp³-hybridized carbons (Fsp3) is 0.136. The molecule has 0 radical (unpaired) electrons. The number of ether oxygens (including phenoxy) is 1. The maximum Gasteiger partial charge on any atom is 0.333 e. The average molecular weight is 397 g/mol. The predicted molar refractivity (Wildman–Crippen MR) is 108 cm³/mol. The second-order valence-corrected chi connectivity index (χ2v) is 6.57. The highest BCUT2D eigenvalue weighted by Crippen LogP contribution is 2.32. The quantitative estimate of drug-likeness (QED) is 0.328. The molecule has 0 aromatic heterocycles. The molecule has 0 aliphatic rings. The van der Waals surface area contributed by atoms with Crippen molar-refractivity contribution in [2.75, 3.05) is 5.32 Å². The van der Waals surface area contributed by atoms with E-state index in [9.17, 15) is 13.6 Å². The van der Waals surface area contributed by atoms with Crippen LogP contribution in [0.15, 0.2) is 54.6 Å². The van der Waals surface area contributed by atoms with Gasteiger partial charge in [-0.05, 0) is 36.6 Å². The largest absolute Gasteiger partial charge is 0.489 e. The molecular weight excluding hydrogens is 376 g/mol. The van der Waals surface area contributed by atoms with E-state index in [2.05, 4.69) is 5.32 Å². The minimum absolute atomic E-state index is 0.00937. The van der Waals surface area contributed by atoms with Gasteiger partial charge in [0.15, 0.2) is 0 Å². The van der Waals surface area contributed by atoms with Gasteiger partial charge in [0.25, 0.3) is 0 Å². The molecule has 0 fully saturated rings. The highest BCUT2D eigenvalue weighted by atomic mass is 19.1. The Bertz CT molecular complexity index is 1030. The number of anilines is 1. The smallest absolute Gasteiger partial charge is 0.333 e. The fourth-order valence-corrected chi connectivity index (χ4v) is 3.07. The van der Waals surface area contributed by atoms with Crippen molar-refractivity contribution in [1.82, 2.24) is 5.43 Å². The molecule has 7 heteroatoms. The van der Waals surface area contributed by atoms with Crippen LogP contribution in [0.4, 0.5) is 19.3 Å². The van der Waals surface area contributed by atoms with E-state index < -0.39 is 17.7 Å². The summed E-state index contributed by atoms with van der Waals surface area (Å²) in [4.78, 5) is 11.5. The number of carbonyl (C=O) groups excluding carboxylic acids is 1. The summed E-state index contributed by atoms with van der Waals surface area (Å²) in [6.45, 7) is 3.64. The summed E-state index contributed by atoms with van der Waals surface area (Å²) < 4.78 is 35.0. The Morgan fingerprint density at radius 2 is 1.66 bits per heavy atom. The van der Waals surface area contributed by atoms with Crippen molar-refractivity contribution >= 4 is 11.7 Å². The van der Waals surface area contributed by atoms with Crippen LogP contribution in [0.25, 0.3) is 11.1 Å². The molecule has 0 saturated carbocycles. The molecular formula is C22H21F2N3O2. The minimum atomic E-state index is -0.708. The molecule has 150 valence electrons. The predicted octanol–water partition coefficient (Wildman–Crippen LogP) is 4.82. The summed E-state index contributed by atoms with van der Waals surface area (Å²) in [6, 6.07) is 14.0. The molecule has 0 heterocycles. The summed E-state index contributed by atoms with van der Waals surface area (Å²) >= 11 is 0. The number of nitrogens with one attached hydrogen (secondary N) is 2. The number of urea groups is 1. The lowest BCUT2D eigenvalue weighted by Crippen LogP contribution is -2.34. The van der Waals surface area contributed by atoms with E-state index in [4.69, 9.17) is 10.6 Å². The van der Waals surface area contributed by atoms with Gasteiger partial charge in [0.2, 0.25) is 0 Å². The van der Waals surface area contributed by atoms with Crippen molar-refractivity contribution in [2.45, 2.75) is 20.5 Å². The van der Waals surface area contributed by atoms with E-state index in [0.717, 1.165) is 23.3 Å². The third-order valence-corrected chi connectivity index (χ3v) is 4.60. The summed E-state index contributed by atoms with van der Waals surface area (Å²) in [5.41, 5.74) is 5.16. The van der Waals surface area contributed by atoms with Crippen LogP contribution >= 0.6 is 0 Å². The lowest BCUT2D eigenvalue weighted by Gasteiger charge is -2.15. The SMILES string of the molecule is Cc1ccccc1-c1c(F)cc(OCc2c(C)cccc2NC(=O)NN)cc1F. The molecule has 3 aromatic rings. The van der Waals surface area contributed by atoms with Crippen LogP contribution < -0.4 is 21.3 Å². The first-order valence-electron chi connectivity index (χ1n) is 8.94. The second-order valence-electron chi connectivity index (χ2n) is 6.57. The number of aryl methyl sites for hydroxylation is 2. The lowest BCUT2D eigenvalue weighted by molar-refractivity contribution is 0.252. The van der Waals surface area contributed by atoms with Crippen LogP contribution in [0.2, 0.25) is 0 Å². The first kappa shape index (κ1) is 20.3. The Hall–Kier alpha value is -3.45. The molecule has 4 N–H and O–H groups in total. The topological polar surface area (TPSA) is 76.4 Å². The Morgan fingerprint density at radius 3 is 2.31 bits per heavy atom. The highest BCUT2D eigenvalue weighted by molar-refractivity contribution is 5.89. The molecule has 29 heavy (non-hydrogen) atoms. The van der Waals surface area contributed by atoms with Crippen molar-refractivity contribution < 1.29 is 18.3 Å². The number of nitrogens with two attached hydrogens (primary N) is 1. The number of amides is 2. The Kier molecular flexibility index (Phi) is 6.09. The first-order valence-corrected chi connectivity index (χ1v) is 8.94. The van der Waals surface area contributed by atoms with Gasteiger partial charge < -0.3 is 10.1 Å². The Morgan fingerprint density at radius 1 is 1.00 bits per heavy atom. The van der Waals surface area contributed by atoms with Crippen molar-refractivity contribution in [3.63, 3.8) is 0 Å². The third kappa shape index (κ3) is 4.52. The second kappa shape index (κ2) is 8.70. The molecule has 3 aromatic carbocycles. The van der Waals surface area contributed by atoms with Crippen LogP contribution in [-0.2, 0) is 6.61 Å². The van der Waals surface area contributed by atoms with Gasteiger partial charge in [0.05, 0.1) is 5.56 Å². The van der Waals surface area contributed by atoms with Crippen LogP contribution in [-0.4, -0.2) is 6.03 Å². The highest BCUT2D eigenvalue weighted by Gasteiger charge is 2.16. The van der Waals surface area contributed by atoms with Crippen LogP contribution in [0.3, 0.4) is 0 Å². The van der Waals surface area contributed by atoms with Gasteiger partial charge in [0, 0.05) is 23.4 Å². The normalized spacial score (nSPS) is 10.5. The molecule has 0 spiro atoms. The van der Waals surface area contributed by atoms with Gasteiger partial charge in [0.1, 0.15) is 24.0 Å². The molecule has 0 saturated heterocycles. The van der Waals surface area contributed by atoms with Crippen molar-refractivity contribution in [1.29, 1.82) is 0 Å². The van der Waals surface area contributed by atoms with E-state index in [1.807, 2.05) is 24.5 Å². The molecule has 0 aliphatic heterocycles. The molecule has 3 rings (SSSR count). The maximum atomic E-state index is 14.7. The zero-order valence-corrected chi connectivity index (χ0v) is 16.1. The molecule has 5 nitrogen and oxygen atoms in total. The van der Waals surface area contributed by atoms with Crippen molar-refractivity contribution in [2.24, 2.45) is 5.84 Å².